The minimum Gasteiger partial charge on any atom is -0.309 e. The molecule has 4 heterocycles. The predicted octanol–water partition coefficient (Wildman–Crippen LogP) is 11.1. The van der Waals surface area contributed by atoms with Crippen molar-refractivity contribution >= 4 is 54.4 Å². The first-order valence-electron chi connectivity index (χ1n) is 16.3. The zero-order valence-electron chi connectivity index (χ0n) is 25.8. The number of benzene rings is 6. The van der Waals surface area contributed by atoms with Crippen molar-refractivity contribution in [3.05, 3.63) is 158 Å². The normalized spacial score (nSPS) is 12.2. The second-order valence-electron chi connectivity index (χ2n) is 12.7. The Hall–Kier alpha value is -6.52. The topological polar surface area (TPSA) is 35.6 Å². The summed E-state index contributed by atoms with van der Waals surface area (Å²) in [7, 11) is 0. The summed E-state index contributed by atoms with van der Waals surface area (Å²) in [4.78, 5) is 9.58. The van der Waals surface area contributed by atoms with Gasteiger partial charge in [0.1, 0.15) is 5.82 Å². The summed E-state index contributed by atoms with van der Waals surface area (Å²) in [5.74, 6) is 0.917. The van der Waals surface area contributed by atoms with Crippen molar-refractivity contribution in [2.24, 2.45) is 0 Å². The first kappa shape index (κ1) is 25.6. The van der Waals surface area contributed by atoms with Crippen molar-refractivity contribution in [1.82, 2.24) is 19.1 Å². The van der Waals surface area contributed by atoms with Gasteiger partial charge in [-0.25, -0.2) is 4.98 Å². The van der Waals surface area contributed by atoms with Crippen LogP contribution >= 0.6 is 0 Å². The molecular weight excluding hydrogens is 585 g/mol. The maximum atomic E-state index is 5.07. The molecule has 0 fully saturated rings. The highest BCUT2D eigenvalue weighted by Gasteiger charge is 2.24. The summed E-state index contributed by atoms with van der Waals surface area (Å²) in [6.07, 6.45) is 5.95. The lowest BCUT2D eigenvalue weighted by molar-refractivity contribution is 1.08. The van der Waals surface area contributed by atoms with Crippen LogP contribution in [0.5, 0.6) is 0 Å². The quantitative estimate of drug-likeness (QED) is 0.199. The summed E-state index contributed by atoms with van der Waals surface area (Å²) in [6.45, 7) is 0. The summed E-state index contributed by atoms with van der Waals surface area (Å²) in [6, 6.07) is 50.5. The Labute approximate surface area is 275 Å². The Bertz CT molecular complexity index is 2940. The van der Waals surface area contributed by atoms with Gasteiger partial charge in [0.15, 0.2) is 0 Å². The van der Waals surface area contributed by atoms with E-state index in [1.54, 1.807) is 0 Å². The number of pyridine rings is 2. The van der Waals surface area contributed by atoms with Gasteiger partial charge in [0, 0.05) is 67.7 Å². The molecular formula is C44H26N4. The molecule has 10 aromatic rings. The lowest BCUT2D eigenvalue weighted by atomic mass is 10.0. The standard InChI is InChI=1S/C44H26N4/c1-2-10-30(11-3-1)47-39-15-6-4-12-31(39)35-21-27(17-19-41(35)47)28-18-20-42-36(22-28)32-13-5-7-16-40(32)48(42)43-23-34-33-14-8-9-29-24-45-25-38(44(29)33)37(34)26-46-43/h1-26H. The molecule has 0 radical (unpaired) electrons. The summed E-state index contributed by atoms with van der Waals surface area (Å²) < 4.78 is 4.68. The first-order valence-corrected chi connectivity index (χ1v) is 16.3. The SMILES string of the molecule is c1ccc(-n2c3ccccc3c3cc(-c4ccc5c(c4)c4ccccc4n5-c4cc5c(cn4)-c4cncc6cccc-5c46)ccc32)cc1. The molecule has 6 aromatic carbocycles. The molecule has 48 heavy (non-hydrogen) atoms. The van der Waals surface area contributed by atoms with Gasteiger partial charge in [0.05, 0.1) is 22.1 Å². The van der Waals surface area contributed by atoms with Crippen molar-refractivity contribution in [3.63, 3.8) is 0 Å². The molecule has 4 aromatic heterocycles. The van der Waals surface area contributed by atoms with Crippen LogP contribution in [-0.4, -0.2) is 19.1 Å². The molecule has 1 aliphatic carbocycles. The van der Waals surface area contributed by atoms with E-state index in [0.717, 1.165) is 33.4 Å². The molecule has 4 heteroatoms. The Morgan fingerprint density at radius 1 is 0.396 bits per heavy atom. The molecule has 222 valence electrons. The van der Waals surface area contributed by atoms with Crippen LogP contribution in [0.15, 0.2) is 158 Å². The van der Waals surface area contributed by atoms with Gasteiger partial charge in [-0.05, 0) is 76.9 Å². The average molecular weight is 611 g/mol. The molecule has 0 N–H and O–H groups in total. The highest BCUT2D eigenvalue weighted by atomic mass is 15.1. The van der Waals surface area contributed by atoms with E-state index < -0.39 is 0 Å². The lowest BCUT2D eigenvalue weighted by Gasteiger charge is -2.10. The molecule has 0 amide bonds. The zero-order valence-corrected chi connectivity index (χ0v) is 25.8. The van der Waals surface area contributed by atoms with E-state index in [1.165, 1.54) is 65.9 Å². The van der Waals surface area contributed by atoms with E-state index in [1.807, 2.05) is 18.6 Å². The highest BCUT2D eigenvalue weighted by molar-refractivity contribution is 6.16. The Kier molecular flexibility index (Phi) is 5.08. The second-order valence-corrected chi connectivity index (χ2v) is 12.7. The van der Waals surface area contributed by atoms with Crippen LogP contribution in [0.3, 0.4) is 0 Å². The lowest BCUT2D eigenvalue weighted by Crippen LogP contribution is -1.98. The minimum atomic E-state index is 0.917. The molecule has 0 saturated heterocycles. The van der Waals surface area contributed by atoms with Gasteiger partial charge in [-0.15, -0.1) is 0 Å². The van der Waals surface area contributed by atoms with E-state index in [4.69, 9.17) is 4.98 Å². The number of para-hydroxylation sites is 3. The number of hydrogen-bond donors (Lipinski definition) is 0. The van der Waals surface area contributed by atoms with E-state index in [0.29, 0.717) is 0 Å². The molecule has 0 saturated carbocycles. The maximum Gasteiger partial charge on any atom is 0.138 e. The van der Waals surface area contributed by atoms with Gasteiger partial charge in [0.25, 0.3) is 0 Å². The molecule has 0 spiro atoms. The fourth-order valence-corrected chi connectivity index (χ4v) is 8.07. The van der Waals surface area contributed by atoms with Crippen molar-refractivity contribution in [1.29, 1.82) is 0 Å². The fourth-order valence-electron chi connectivity index (χ4n) is 8.07. The van der Waals surface area contributed by atoms with Gasteiger partial charge < -0.3 is 4.57 Å². The molecule has 11 rings (SSSR count). The van der Waals surface area contributed by atoms with Crippen LogP contribution in [0.2, 0.25) is 0 Å². The van der Waals surface area contributed by atoms with Crippen LogP contribution in [0.1, 0.15) is 0 Å². The number of hydrogen-bond acceptors (Lipinski definition) is 2. The van der Waals surface area contributed by atoms with Crippen LogP contribution in [-0.2, 0) is 0 Å². The van der Waals surface area contributed by atoms with Crippen LogP contribution in [0, 0.1) is 0 Å². The summed E-state index contributed by atoms with van der Waals surface area (Å²) in [5, 5.41) is 7.36. The smallest absolute Gasteiger partial charge is 0.138 e. The highest BCUT2D eigenvalue weighted by Crippen LogP contribution is 2.47. The summed E-state index contributed by atoms with van der Waals surface area (Å²) >= 11 is 0. The number of aromatic nitrogens is 4. The third-order valence-corrected chi connectivity index (χ3v) is 10.2. The van der Waals surface area contributed by atoms with Gasteiger partial charge in [0.2, 0.25) is 0 Å². The van der Waals surface area contributed by atoms with E-state index in [9.17, 15) is 0 Å². The summed E-state index contributed by atoms with van der Waals surface area (Å²) in [5.41, 5.74) is 13.0. The van der Waals surface area contributed by atoms with E-state index >= 15 is 0 Å². The van der Waals surface area contributed by atoms with Crippen LogP contribution in [0.25, 0.3) is 99.3 Å². The van der Waals surface area contributed by atoms with Crippen molar-refractivity contribution in [2.75, 3.05) is 0 Å². The molecule has 4 nitrogen and oxygen atoms in total. The third-order valence-electron chi connectivity index (χ3n) is 10.2. The van der Waals surface area contributed by atoms with Crippen molar-refractivity contribution in [3.8, 4) is 44.9 Å². The Balaban J connectivity index is 1.10. The predicted molar refractivity (Wildman–Crippen MR) is 198 cm³/mol. The van der Waals surface area contributed by atoms with Crippen molar-refractivity contribution in [2.45, 2.75) is 0 Å². The minimum absolute atomic E-state index is 0.917. The van der Waals surface area contributed by atoms with Gasteiger partial charge in [-0.2, -0.15) is 0 Å². The van der Waals surface area contributed by atoms with E-state index in [2.05, 4.69) is 154 Å². The first-order chi connectivity index (χ1) is 23.8. The monoisotopic (exact) mass is 610 g/mol. The Morgan fingerprint density at radius 2 is 1.04 bits per heavy atom. The zero-order chi connectivity index (χ0) is 31.3. The van der Waals surface area contributed by atoms with Crippen LogP contribution in [0.4, 0.5) is 0 Å². The van der Waals surface area contributed by atoms with Crippen molar-refractivity contribution < 1.29 is 0 Å². The van der Waals surface area contributed by atoms with Gasteiger partial charge in [-0.1, -0.05) is 84.9 Å². The average Bonchev–Trinajstić information content (AvgIpc) is 3.78. The number of nitrogens with zero attached hydrogens (tertiary/aromatic N) is 4. The number of rotatable bonds is 3. The largest absolute Gasteiger partial charge is 0.309 e. The van der Waals surface area contributed by atoms with Crippen LogP contribution < -0.4 is 0 Å². The second kappa shape index (κ2) is 9.50. The Morgan fingerprint density at radius 3 is 1.79 bits per heavy atom. The molecule has 0 unspecified atom stereocenters. The molecule has 0 bridgehead atoms. The molecule has 0 aliphatic heterocycles. The van der Waals surface area contributed by atoms with Gasteiger partial charge >= 0.3 is 0 Å². The fraction of sp³-hybridized carbons (Fsp3) is 0. The molecule has 0 atom stereocenters. The van der Waals surface area contributed by atoms with E-state index in [-0.39, 0.29) is 0 Å². The molecule has 1 aliphatic rings. The number of fused-ring (bicyclic) bond motifs is 9. The van der Waals surface area contributed by atoms with Gasteiger partial charge in [-0.3, -0.25) is 9.55 Å². The maximum absolute atomic E-state index is 5.07. The third kappa shape index (κ3) is 3.43.